The number of allylic oxidation sites excluding steroid dienone is 1. The molecule has 3 heterocycles. The number of rotatable bonds is 1. The van der Waals surface area contributed by atoms with E-state index in [0.717, 1.165) is 5.56 Å². The number of aromatic nitrogens is 1. The Balaban J connectivity index is 2.11. The van der Waals surface area contributed by atoms with Crippen molar-refractivity contribution in [2.75, 3.05) is 0 Å². The molecule has 3 rings (SSSR count). The maximum atomic E-state index is 9.16. The first-order valence-corrected chi connectivity index (χ1v) is 7.07. The minimum atomic E-state index is 0.0965. The van der Waals surface area contributed by atoms with Gasteiger partial charge in [-0.3, -0.25) is 9.98 Å². The van der Waals surface area contributed by atoms with Crippen molar-refractivity contribution in [3.63, 3.8) is 0 Å². The molecule has 0 bridgehead atoms. The average molecular weight is 267 g/mol. The van der Waals surface area contributed by atoms with E-state index in [1.807, 2.05) is 18.3 Å². The van der Waals surface area contributed by atoms with E-state index in [0.29, 0.717) is 5.71 Å². The van der Waals surface area contributed by atoms with Gasteiger partial charge < -0.3 is 0 Å². The molecule has 0 N–H and O–H groups in total. The number of aryl methyl sites for hydroxylation is 1. The summed E-state index contributed by atoms with van der Waals surface area (Å²) in [5.41, 5.74) is 5.21. The van der Waals surface area contributed by atoms with Crippen LogP contribution in [0.5, 0.6) is 0 Å². The van der Waals surface area contributed by atoms with Crippen LogP contribution in [0.1, 0.15) is 18.1 Å². The van der Waals surface area contributed by atoms with E-state index in [-0.39, 0.29) is 11.3 Å². The second kappa shape index (κ2) is 4.67. The summed E-state index contributed by atoms with van der Waals surface area (Å²) in [5, 5.41) is 11.6. The molecule has 4 heteroatoms. The van der Waals surface area contributed by atoms with E-state index >= 15 is 0 Å². The molecule has 0 saturated heterocycles. The largest absolute Gasteiger partial charge is 0.265 e. The number of fused-ring (bicyclic) bond motifs is 1. The summed E-state index contributed by atoms with van der Waals surface area (Å²) in [7, 11) is 0. The van der Waals surface area contributed by atoms with Crippen molar-refractivity contribution in [3.8, 4) is 6.07 Å². The van der Waals surface area contributed by atoms with E-state index in [9.17, 15) is 0 Å². The van der Waals surface area contributed by atoms with E-state index in [2.05, 4.69) is 35.3 Å². The minimum absolute atomic E-state index is 0.0965. The highest BCUT2D eigenvalue weighted by Crippen LogP contribution is 2.43. The molecule has 19 heavy (non-hydrogen) atoms. The summed E-state index contributed by atoms with van der Waals surface area (Å²) in [6, 6.07) is 4.27. The Morgan fingerprint density at radius 3 is 2.95 bits per heavy atom. The van der Waals surface area contributed by atoms with Crippen LogP contribution in [0.4, 0.5) is 0 Å². The molecule has 0 fully saturated rings. The summed E-state index contributed by atoms with van der Waals surface area (Å²) >= 11 is 1.78. The fourth-order valence-corrected chi connectivity index (χ4v) is 3.72. The number of hydrogen-bond donors (Lipinski definition) is 0. The Labute approximate surface area is 116 Å². The van der Waals surface area contributed by atoms with Crippen LogP contribution >= 0.6 is 11.8 Å². The molecule has 94 valence electrons. The van der Waals surface area contributed by atoms with Crippen LogP contribution in [0.2, 0.25) is 0 Å². The van der Waals surface area contributed by atoms with Gasteiger partial charge in [0.25, 0.3) is 0 Å². The van der Waals surface area contributed by atoms with Gasteiger partial charge in [-0.2, -0.15) is 5.26 Å². The van der Waals surface area contributed by atoms with Crippen LogP contribution in [-0.2, 0) is 0 Å². The summed E-state index contributed by atoms with van der Waals surface area (Å²) in [5.74, 6) is 0. The highest BCUT2D eigenvalue weighted by Gasteiger charge is 2.35. The molecule has 0 amide bonds. The minimum Gasteiger partial charge on any atom is -0.265 e. The van der Waals surface area contributed by atoms with Crippen molar-refractivity contribution >= 4 is 23.0 Å². The SMILES string of the molecule is CC1=CSC2C(c3cnccc3C)=CC(C#N)=NC12. The zero-order valence-electron chi connectivity index (χ0n) is 10.8. The summed E-state index contributed by atoms with van der Waals surface area (Å²) in [6.45, 7) is 4.15. The molecule has 2 aliphatic heterocycles. The number of pyridine rings is 1. The lowest BCUT2D eigenvalue weighted by Crippen LogP contribution is -2.25. The number of aliphatic imine (C=N–C) groups is 1. The van der Waals surface area contributed by atoms with E-state index in [4.69, 9.17) is 5.26 Å². The molecule has 2 atom stereocenters. The molecule has 0 radical (unpaired) electrons. The third-order valence-electron chi connectivity index (χ3n) is 3.50. The van der Waals surface area contributed by atoms with Gasteiger partial charge in [0.15, 0.2) is 0 Å². The van der Waals surface area contributed by atoms with Gasteiger partial charge in [0.2, 0.25) is 0 Å². The van der Waals surface area contributed by atoms with E-state index < -0.39 is 0 Å². The van der Waals surface area contributed by atoms with Crippen LogP contribution in [0.3, 0.4) is 0 Å². The number of nitriles is 1. The van der Waals surface area contributed by atoms with Gasteiger partial charge in [0, 0.05) is 18.0 Å². The number of dihydropyridines is 1. The maximum absolute atomic E-state index is 9.16. The molecule has 0 spiro atoms. The molecular weight excluding hydrogens is 254 g/mol. The van der Waals surface area contributed by atoms with Gasteiger partial charge in [-0.05, 0) is 48.1 Å². The van der Waals surface area contributed by atoms with Crippen LogP contribution in [0, 0.1) is 18.3 Å². The lowest BCUT2D eigenvalue weighted by Gasteiger charge is -2.25. The summed E-state index contributed by atoms with van der Waals surface area (Å²) in [4.78, 5) is 8.73. The van der Waals surface area contributed by atoms with Gasteiger partial charge in [-0.15, -0.1) is 11.8 Å². The Morgan fingerprint density at radius 1 is 1.37 bits per heavy atom. The molecule has 2 unspecified atom stereocenters. The van der Waals surface area contributed by atoms with Crippen molar-refractivity contribution in [2.24, 2.45) is 4.99 Å². The third kappa shape index (κ3) is 2.00. The third-order valence-corrected chi connectivity index (χ3v) is 4.81. The maximum Gasteiger partial charge on any atom is 0.136 e. The van der Waals surface area contributed by atoms with Crippen molar-refractivity contribution in [2.45, 2.75) is 25.1 Å². The monoisotopic (exact) mass is 267 g/mol. The highest BCUT2D eigenvalue weighted by atomic mass is 32.2. The predicted octanol–water partition coefficient (Wildman–Crippen LogP) is 3.14. The quantitative estimate of drug-likeness (QED) is 0.785. The van der Waals surface area contributed by atoms with Crippen molar-refractivity contribution < 1.29 is 0 Å². The van der Waals surface area contributed by atoms with Gasteiger partial charge in [-0.25, -0.2) is 0 Å². The van der Waals surface area contributed by atoms with Crippen molar-refractivity contribution in [1.29, 1.82) is 5.26 Å². The zero-order chi connectivity index (χ0) is 13.4. The second-order valence-corrected chi connectivity index (χ2v) is 5.80. The fraction of sp³-hybridized carbons (Fsp3) is 0.267. The summed E-state index contributed by atoms with van der Waals surface area (Å²) in [6.07, 6.45) is 5.58. The molecule has 0 aromatic carbocycles. The Hall–Kier alpha value is -1.86. The van der Waals surface area contributed by atoms with Crippen molar-refractivity contribution in [3.05, 3.63) is 46.6 Å². The molecule has 1 aromatic rings. The van der Waals surface area contributed by atoms with Crippen LogP contribution in [0.15, 0.2) is 40.5 Å². The fourth-order valence-electron chi connectivity index (χ4n) is 2.45. The predicted molar refractivity (Wildman–Crippen MR) is 78.9 cm³/mol. The molecule has 1 aromatic heterocycles. The van der Waals surface area contributed by atoms with Gasteiger partial charge in [0.1, 0.15) is 11.8 Å². The Bertz CT molecular complexity index is 664. The number of nitrogens with zero attached hydrogens (tertiary/aromatic N) is 3. The zero-order valence-corrected chi connectivity index (χ0v) is 11.6. The Kier molecular flexibility index (Phi) is 3.00. The first kappa shape index (κ1) is 12.2. The van der Waals surface area contributed by atoms with Crippen LogP contribution < -0.4 is 0 Å². The molecular formula is C15H13N3S. The standard InChI is InChI=1S/C15H13N3S/c1-9-3-4-17-7-13(9)12-5-11(6-16)18-14-10(2)8-19-15(12)14/h3-5,7-8,14-15H,1-2H3. The van der Waals surface area contributed by atoms with Gasteiger partial charge in [0.05, 0.1) is 11.3 Å². The smallest absolute Gasteiger partial charge is 0.136 e. The summed E-state index contributed by atoms with van der Waals surface area (Å²) < 4.78 is 0. The lowest BCUT2D eigenvalue weighted by molar-refractivity contribution is 0.819. The molecule has 0 aliphatic carbocycles. The lowest BCUT2D eigenvalue weighted by atomic mass is 9.91. The first-order valence-electron chi connectivity index (χ1n) is 6.13. The van der Waals surface area contributed by atoms with E-state index in [1.165, 1.54) is 16.7 Å². The molecule has 3 nitrogen and oxygen atoms in total. The molecule has 0 saturated carbocycles. The van der Waals surface area contributed by atoms with Crippen LogP contribution in [-0.4, -0.2) is 22.0 Å². The van der Waals surface area contributed by atoms with E-state index in [1.54, 1.807) is 18.0 Å². The molecule has 2 aliphatic rings. The topological polar surface area (TPSA) is 49.0 Å². The van der Waals surface area contributed by atoms with Crippen LogP contribution in [0.25, 0.3) is 5.57 Å². The van der Waals surface area contributed by atoms with Gasteiger partial charge in [-0.1, -0.05) is 0 Å². The normalized spacial score (nSPS) is 25.0. The first-order chi connectivity index (χ1) is 9.20. The second-order valence-electron chi connectivity index (χ2n) is 4.78. The number of thioether (sulfide) groups is 1. The van der Waals surface area contributed by atoms with Gasteiger partial charge >= 0.3 is 0 Å². The number of hydrogen-bond acceptors (Lipinski definition) is 4. The highest BCUT2D eigenvalue weighted by molar-refractivity contribution is 8.03. The average Bonchev–Trinajstić information content (AvgIpc) is 2.80. The van der Waals surface area contributed by atoms with Crippen molar-refractivity contribution in [1.82, 2.24) is 4.98 Å². The Morgan fingerprint density at radius 2 is 2.21 bits per heavy atom.